The molecule has 16 heavy (non-hydrogen) atoms. The van der Waals surface area contributed by atoms with Crippen molar-refractivity contribution in [2.45, 2.75) is 6.92 Å². The summed E-state index contributed by atoms with van der Waals surface area (Å²) in [7, 11) is 0. The van der Waals surface area contributed by atoms with Crippen LogP contribution in [0.1, 0.15) is 16.7 Å². The molecule has 0 bridgehead atoms. The van der Waals surface area contributed by atoms with Crippen LogP contribution < -0.4 is 0 Å². The molecule has 0 saturated carbocycles. The van der Waals surface area contributed by atoms with Gasteiger partial charge < -0.3 is 0 Å². The van der Waals surface area contributed by atoms with Crippen LogP contribution in [0.4, 0.5) is 0 Å². The zero-order valence-electron chi connectivity index (χ0n) is 9.15. The first-order chi connectivity index (χ1) is 7.74. The van der Waals surface area contributed by atoms with Crippen LogP contribution in [0.15, 0.2) is 48.5 Å². The molecular weight excluding hydrogens is 307 g/mol. The second kappa shape index (κ2) is 5.30. The Balaban J connectivity index is 2.15. The highest BCUT2D eigenvalue weighted by atomic mass is 127. The molecule has 0 N–H and O–H groups in total. The molecule has 2 aromatic rings. The minimum absolute atomic E-state index is 1.24. The van der Waals surface area contributed by atoms with Crippen molar-refractivity contribution in [3.63, 3.8) is 0 Å². The summed E-state index contributed by atoms with van der Waals surface area (Å²) in [6.07, 6.45) is 4.28. The highest BCUT2D eigenvalue weighted by molar-refractivity contribution is 14.1. The summed E-state index contributed by atoms with van der Waals surface area (Å²) in [5.74, 6) is 0. The fourth-order valence-corrected chi connectivity index (χ4v) is 1.80. The second-order valence-corrected chi connectivity index (χ2v) is 5.04. The Bertz CT molecular complexity index is 430. The number of aryl methyl sites for hydroxylation is 1. The van der Waals surface area contributed by atoms with Crippen LogP contribution in [0, 0.1) is 10.5 Å². The van der Waals surface area contributed by atoms with Crippen LogP contribution >= 0.6 is 22.6 Å². The summed E-state index contributed by atoms with van der Waals surface area (Å²) in [5.41, 5.74) is 3.77. The van der Waals surface area contributed by atoms with Gasteiger partial charge in [-0.25, -0.2) is 0 Å². The Morgan fingerprint density at radius 3 is 1.69 bits per heavy atom. The van der Waals surface area contributed by atoms with Gasteiger partial charge in [0.2, 0.25) is 0 Å². The molecule has 0 nitrogen and oxygen atoms in total. The summed E-state index contributed by atoms with van der Waals surface area (Å²) < 4.78 is 1.27. The highest BCUT2D eigenvalue weighted by Gasteiger charge is 1.89. The van der Waals surface area contributed by atoms with Gasteiger partial charge in [-0.2, -0.15) is 0 Å². The molecule has 0 amide bonds. The molecule has 0 radical (unpaired) electrons. The first-order valence-corrected chi connectivity index (χ1v) is 6.32. The van der Waals surface area contributed by atoms with Crippen molar-refractivity contribution >= 4 is 34.7 Å². The maximum atomic E-state index is 2.32. The van der Waals surface area contributed by atoms with Crippen LogP contribution in [0.3, 0.4) is 0 Å². The molecule has 80 valence electrons. The van der Waals surface area contributed by atoms with E-state index < -0.39 is 0 Å². The number of benzene rings is 2. The fourth-order valence-electron chi connectivity index (χ4n) is 1.44. The molecule has 0 fully saturated rings. The molecule has 0 unspecified atom stereocenters. The van der Waals surface area contributed by atoms with Gasteiger partial charge in [-0.1, -0.05) is 54.1 Å². The Kier molecular flexibility index (Phi) is 3.78. The number of halogens is 1. The molecule has 0 aliphatic rings. The van der Waals surface area contributed by atoms with E-state index in [4.69, 9.17) is 0 Å². The molecule has 1 heteroatoms. The standard InChI is InChI=1S/C15H13I/c1-12-2-4-13(5-3-12)6-7-14-8-10-15(16)11-9-14/h2-11H,1H3. The lowest BCUT2D eigenvalue weighted by molar-refractivity contribution is 1.46. The van der Waals surface area contributed by atoms with E-state index in [0.717, 1.165) is 0 Å². The lowest BCUT2D eigenvalue weighted by Gasteiger charge is -1.96. The van der Waals surface area contributed by atoms with Crippen LogP contribution in [0.25, 0.3) is 12.2 Å². The van der Waals surface area contributed by atoms with Gasteiger partial charge >= 0.3 is 0 Å². The molecular formula is C15H13I. The molecule has 2 aromatic carbocycles. The monoisotopic (exact) mass is 320 g/mol. The Hall–Kier alpha value is -1.09. The third kappa shape index (κ3) is 3.20. The van der Waals surface area contributed by atoms with E-state index >= 15 is 0 Å². The maximum absolute atomic E-state index is 2.32. The van der Waals surface area contributed by atoms with Gasteiger partial charge in [0.25, 0.3) is 0 Å². The van der Waals surface area contributed by atoms with E-state index in [1.807, 2.05) is 0 Å². The fraction of sp³-hybridized carbons (Fsp3) is 0.0667. The zero-order chi connectivity index (χ0) is 11.4. The molecule has 0 aromatic heterocycles. The minimum atomic E-state index is 1.24. The maximum Gasteiger partial charge on any atom is 0.0130 e. The summed E-state index contributed by atoms with van der Waals surface area (Å²) in [6.45, 7) is 2.10. The van der Waals surface area contributed by atoms with E-state index in [0.29, 0.717) is 0 Å². The summed E-state index contributed by atoms with van der Waals surface area (Å²) in [5, 5.41) is 0. The predicted octanol–water partition coefficient (Wildman–Crippen LogP) is 4.77. The second-order valence-electron chi connectivity index (χ2n) is 3.80. The van der Waals surface area contributed by atoms with Crippen molar-refractivity contribution in [3.8, 4) is 0 Å². The lowest BCUT2D eigenvalue weighted by Crippen LogP contribution is -1.75. The van der Waals surface area contributed by atoms with E-state index in [1.165, 1.54) is 20.3 Å². The van der Waals surface area contributed by atoms with E-state index in [1.54, 1.807) is 0 Å². The molecule has 0 spiro atoms. The van der Waals surface area contributed by atoms with Crippen LogP contribution in [0.5, 0.6) is 0 Å². The van der Waals surface area contributed by atoms with Gasteiger partial charge in [0, 0.05) is 3.57 Å². The molecule has 2 rings (SSSR count). The van der Waals surface area contributed by atoms with E-state index in [-0.39, 0.29) is 0 Å². The van der Waals surface area contributed by atoms with Gasteiger partial charge in [0.05, 0.1) is 0 Å². The van der Waals surface area contributed by atoms with Crippen molar-refractivity contribution in [1.29, 1.82) is 0 Å². The van der Waals surface area contributed by atoms with Crippen molar-refractivity contribution in [2.75, 3.05) is 0 Å². The Morgan fingerprint density at radius 2 is 1.19 bits per heavy atom. The average molecular weight is 320 g/mol. The van der Waals surface area contributed by atoms with Gasteiger partial charge in [0.15, 0.2) is 0 Å². The van der Waals surface area contributed by atoms with Crippen LogP contribution in [-0.4, -0.2) is 0 Å². The largest absolute Gasteiger partial charge is 0.0587 e. The summed E-state index contributed by atoms with van der Waals surface area (Å²) in [6, 6.07) is 17.0. The predicted molar refractivity (Wildman–Crippen MR) is 79.3 cm³/mol. The quantitative estimate of drug-likeness (QED) is 0.552. The van der Waals surface area contributed by atoms with Crippen molar-refractivity contribution < 1.29 is 0 Å². The van der Waals surface area contributed by atoms with Gasteiger partial charge in [-0.05, 0) is 52.8 Å². The molecule has 0 atom stereocenters. The topological polar surface area (TPSA) is 0 Å². The van der Waals surface area contributed by atoms with Crippen molar-refractivity contribution in [3.05, 3.63) is 68.8 Å². The van der Waals surface area contributed by atoms with Crippen LogP contribution in [0.2, 0.25) is 0 Å². The van der Waals surface area contributed by atoms with Gasteiger partial charge in [-0.3, -0.25) is 0 Å². The number of hydrogen-bond donors (Lipinski definition) is 0. The molecule has 0 aliphatic carbocycles. The van der Waals surface area contributed by atoms with Gasteiger partial charge in [0.1, 0.15) is 0 Å². The third-order valence-corrected chi connectivity index (χ3v) is 3.13. The van der Waals surface area contributed by atoms with E-state index in [2.05, 4.69) is 90.2 Å². The first kappa shape index (κ1) is 11.4. The summed E-state index contributed by atoms with van der Waals surface area (Å²) >= 11 is 2.32. The molecule has 0 aliphatic heterocycles. The van der Waals surface area contributed by atoms with E-state index in [9.17, 15) is 0 Å². The van der Waals surface area contributed by atoms with Crippen molar-refractivity contribution in [2.24, 2.45) is 0 Å². The third-order valence-electron chi connectivity index (χ3n) is 2.42. The number of rotatable bonds is 2. The van der Waals surface area contributed by atoms with Gasteiger partial charge in [-0.15, -0.1) is 0 Å². The SMILES string of the molecule is Cc1ccc(C=Cc2ccc(I)cc2)cc1. The normalized spacial score (nSPS) is 10.9. The zero-order valence-corrected chi connectivity index (χ0v) is 11.3. The van der Waals surface area contributed by atoms with Crippen LogP contribution in [-0.2, 0) is 0 Å². The average Bonchev–Trinajstić information content (AvgIpc) is 2.30. The minimum Gasteiger partial charge on any atom is -0.0587 e. The number of hydrogen-bond acceptors (Lipinski definition) is 0. The molecule has 0 heterocycles. The molecule has 0 saturated heterocycles. The smallest absolute Gasteiger partial charge is 0.0130 e. The Labute approximate surface area is 110 Å². The lowest BCUT2D eigenvalue weighted by atomic mass is 10.1. The summed E-state index contributed by atoms with van der Waals surface area (Å²) in [4.78, 5) is 0. The first-order valence-electron chi connectivity index (χ1n) is 5.24. The Morgan fingerprint density at radius 1 is 0.750 bits per heavy atom. The van der Waals surface area contributed by atoms with Crippen molar-refractivity contribution in [1.82, 2.24) is 0 Å². The highest BCUT2D eigenvalue weighted by Crippen LogP contribution is 2.11.